The van der Waals surface area contributed by atoms with E-state index >= 15 is 0 Å². The molecule has 16 heavy (non-hydrogen) atoms. The van der Waals surface area contributed by atoms with Gasteiger partial charge in [-0.15, -0.1) is 0 Å². The lowest BCUT2D eigenvalue weighted by Gasteiger charge is -2.07. The summed E-state index contributed by atoms with van der Waals surface area (Å²) in [5.41, 5.74) is 1.07. The summed E-state index contributed by atoms with van der Waals surface area (Å²) >= 11 is 7.90. The van der Waals surface area contributed by atoms with Crippen LogP contribution in [0.3, 0.4) is 0 Å². The first-order chi connectivity index (χ1) is 7.65. The van der Waals surface area contributed by atoms with Crippen molar-refractivity contribution in [1.29, 1.82) is 0 Å². The molecule has 1 aromatic heterocycles. The molecule has 0 saturated heterocycles. The Morgan fingerprint density at radius 2 is 1.88 bits per heavy atom. The summed E-state index contributed by atoms with van der Waals surface area (Å²) < 4.78 is 6.33. The zero-order chi connectivity index (χ0) is 11.5. The Morgan fingerprint density at radius 1 is 1.19 bits per heavy atom. The second-order valence-electron chi connectivity index (χ2n) is 3.49. The molecule has 0 aliphatic rings. The SMILES string of the molecule is OC(Cc1ccc(I)cc1)c1ccc(Cl)o1. The van der Waals surface area contributed by atoms with Crippen molar-refractivity contribution in [3.63, 3.8) is 0 Å². The Morgan fingerprint density at radius 3 is 2.44 bits per heavy atom. The predicted molar refractivity (Wildman–Crippen MR) is 71.5 cm³/mol. The molecule has 0 saturated carbocycles. The molecule has 1 aromatic carbocycles. The average molecular weight is 349 g/mol. The fourth-order valence-corrected chi connectivity index (χ4v) is 1.96. The fraction of sp³-hybridized carbons (Fsp3) is 0.167. The molecular weight excluding hydrogens is 338 g/mol. The lowest BCUT2D eigenvalue weighted by atomic mass is 10.1. The third-order valence-electron chi connectivity index (χ3n) is 2.26. The quantitative estimate of drug-likeness (QED) is 0.856. The molecule has 1 heterocycles. The highest BCUT2D eigenvalue weighted by Gasteiger charge is 2.12. The van der Waals surface area contributed by atoms with Gasteiger partial charge < -0.3 is 9.52 Å². The van der Waals surface area contributed by atoms with Crippen LogP contribution in [-0.4, -0.2) is 5.11 Å². The van der Waals surface area contributed by atoms with E-state index in [0.717, 1.165) is 5.56 Å². The predicted octanol–water partition coefficient (Wildman–Crippen LogP) is 3.81. The summed E-state index contributed by atoms with van der Waals surface area (Å²) in [7, 11) is 0. The van der Waals surface area contributed by atoms with Crippen molar-refractivity contribution in [2.24, 2.45) is 0 Å². The second kappa shape index (κ2) is 5.21. The van der Waals surface area contributed by atoms with E-state index in [2.05, 4.69) is 22.6 Å². The van der Waals surface area contributed by atoms with Crippen LogP contribution < -0.4 is 0 Å². The van der Waals surface area contributed by atoms with E-state index in [1.807, 2.05) is 24.3 Å². The van der Waals surface area contributed by atoms with Crippen molar-refractivity contribution in [3.05, 3.63) is 56.5 Å². The molecule has 84 valence electrons. The van der Waals surface area contributed by atoms with Gasteiger partial charge in [0.05, 0.1) is 0 Å². The summed E-state index contributed by atoms with van der Waals surface area (Å²) in [4.78, 5) is 0. The zero-order valence-corrected chi connectivity index (χ0v) is 11.3. The van der Waals surface area contributed by atoms with Crippen molar-refractivity contribution in [3.8, 4) is 0 Å². The Kier molecular flexibility index (Phi) is 3.89. The summed E-state index contributed by atoms with van der Waals surface area (Å²) in [6, 6.07) is 11.3. The highest BCUT2D eigenvalue weighted by molar-refractivity contribution is 14.1. The number of furan rings is 1. The first-order valence-corrected chi connectivity index (χ1v) is 6.28. The van der Waals surface area contributed by atoms with E-state index < -0.39 is 6.10 Å². The molecule has 2 rings (SSSR count). The lowest BCUT2D eigenvalue weighted by Crippen LogP contribution is -2.00. The normalized spacial score (nSPS) is 12.7. The molecule has 0 radical (unpaired) electrons. The minimum Gasteiger partial charge on any atom is -0.447 e. The van der Waals surface area contributed by atoms with Crippen LogP contribution in [0, 0.1) is 3.57 Å². The topological polar surface area (TPSA) is 33.4 Å². The van der Waals surface area contributed by atoms with Gasteiger partial charge in [-0.2, -0.15) is 0 Å². The van der Waals surface area contributed by atoms with Gasteiger partial charge in [0.25, 0.3) is 0 Å². The number of rotatable bonds is 3. The highest BCUT2D eigenvalue weighted by atomic mass is 127. The van der Waals surface area contributed by atoms with Crippen molar-refractivity contribution in [1.82, 2.24) is 0 Å². The summed E-state index contributed by atoms with van der Waals surface area (Å²) in [5.74, 6) is 0.503. The Hall–Kier alpha value is -0.520. The monoisotopic (exact) mass is 348 g/mol. The third-order valence-corrected chi connectivity index (χ3v) is 3.19. The molecule has 1 N–H and O–H groups in total. The first-order valence-electron chi connectivity index (χ1n) is 4.83. The smallest absolute Gasteiger partial charge is 0.193 e. The lowest BCUT2D eigenvalue weighted by molar-refractivity contribution is 0.150. The van der Waals surface area contributed by atoms with Crippen LogP contribution >= 0.6 is 34.2 Å². The zero-order valence-electron chi connectivity index (χ0n) is 8.36. The Balaban J connectivity index is 2.07. The van der Waals surface area contributed by atoms with E-state index in [-0.39, 0.29) is 0 Å². The molecule has 2 aromatic rings. The molecule has 2 nitrogen and oxygen atoms in total. The molecular formula is C12H10ClIO2. The van der Waals surface area contributed by atoms with Gasteiger partial charge in [-0.1, -0.05) is 12.1 Å². The summed E-state index contributed by atoms with van der Waals surface area (Å²) in [6.07, 6.45) is -0.117. The molecule has 4 heteroatoms. The molecule has 0 spiro atoms. The van der Waals surface area contributed by atoms with Crippen LogP contribution in [-0.2, 0) is 6.42 Å². The number of aliphatic hydroxyl groups is 1. The van der Waals surface area contributed by atoms with Gasteiger partial charge in [-0.3, -0.25) is 0 Å². The van der Waals surface area contributed by atoms with Gasteiger partial charge in [-0.25, -0.2) is 0 Å². The second-order valence-corrected chi connectivity index (χ2v) is 5.11. The summed E-state index contributed by atoms with van der Waals surface area (Å²) in [6.45, 7) is 0. The van der Waals surface area contributed by atoms with Crippen LogP contribution in [0.5, 0.6) is 0 Å². The molecule has 0 bridgehead atoms. The van der Waals surface area contributed by atoms with Crippen LogP contribution in [0.4, 0.5) is 0 Å². The van der Waals surface area contributed by atoms with E-state index in [1.54, 1.807) is 12.1 Å². The van der Waals surface area contributed by atoms with Crippen molar-refractivity contribution < 1.29 is 9.52 Å². The maximum Gasteiger partial charge on any atom is 0.193 e. The van der Waals surface area contributed by atoms with Gasteiger partial charge in [0.1, 0.15) is 11.9 Å². The highest BCUT2D eigenvalue weighted by Crippen LogP contribution is 2.23. The van der Waals surface area contributed by atoms with Crippen LogP contribution in [0.1, 0.15) is 17.4 Å². The summed E-state index contributed by atoms with van der Waals surface area (Å²) in [5, 5.41) is 10.2. The number of halogens is 2. The van der Waals surface area contributed by atoms with E-state index in [4.69, 9.17) is 16.0 Å². The van der Waals surface area contributed by atoms with Gasteiger partial charge >= 0.3 is 0 Å². The molecule has 1 unspecified atom stereocenters. The minimum absolute atomic E-state index is 0.302. The van der Waals surface area contributed by atoms with Crippen LogP contribution in [0.25, 0.3) is 0 Å². The Labute approximate surface area is 112 Å². The van der Waals surface area contributed by atoms with Gasteiger partial charge in [0.15, 0.2) is 5.22 Å². The van der Waals surface area contributed by atoms with Crippen molar-refractivity contribution in [2.45, 2.75) is 12.5 Å². The molecule has 0 amide bonds. The number of aliphatic hydroxyl groups excluding tert-OH is 1. The van der Waals surface area contributed by atoms with E-state index in [9.17, 15) is 5.11 Å². The van der Waals surface area contributed by atoms with Crippen LogP contribution in [0.15, 0.2) is 40.8 Å². The molecule has 1 atom stereocenters. The number of hydrogen-bond donors (Lipinski definition) is 1. The molecule has 0 aliphatic heterocycles. The van der Waals surface area contributed by atoms with Gasteiger partial charge in [0.2, 0.25) is 0 Å². The van der Waals surface area contributed by atoms with Gasteiger partial charge in [0, 0.05) is 9.99 Å². The van der Waals surface area contributed by atoms with Crippen molar-refractivity contribution >= 4 is 34.2 Å². The molecule has 0 aliphatic carbocycles. The number of benzene rings is 1. The minimum atomic E-state index is -0.646. The third kappa shape index (κ3) is 2.99. The van der Waals surface area contributed by atoms with Crippen molar-refractivity contribution in [2.75, 3.05) is 0 Å². The van der Waals surface area contributed by atoms with Crippen LogP contribution in [0.2, 0.25) is 5.22 Å². The average Bonchev–Trinajstić information content (AvgIpc) is 2.68. The largest absolute Gasteiger partial charge is 0.447 e. The fourth-order valence-electron chi connectivity index (χ4n) is 1.45. The molecule has 0 fully saturated rings. The van der Waals surface area contributed by atoms with E-state index in [0.29, 0.717) is 17.4 Å². The maximum absolute atomic E-state index is 9.90. The maximum atomic E-state index is 9.90. The Bertz CT molecular complexity index is 464. The standard InChI is InChI=1S/C12H10ClIO2/c13-12-6-5-11(16-12)10(15)7-8-1-3-9(14)4-2-8/h1-6,10,15H,7H2. The first kappa shape index (κ1) is 12.0. The number of hydrogen-bond acceptors (Lipinski definition) is 2. The van der Waals surface area contributed by atoms with Gasteiger partial charge in [-0.05, 0) is 64.0 Å². The van der Waals surface area contributed by atoms with E-state index in [1.165, 1.54) is 3.57 Å².